The molecule has 1 saturated heterocycles. The number of aryl methyl sites for hydroxylation is 1. The molecule has 23 heavy (non-hydrogen) atoms. The second kappa shape index (κ2) is 11.2. The molecule has 0 aliphatic carbocycles. The van der Waals surface area contributed by atoms with Crippen molar-refractivity contribution in [3.8, 4) is 0 Å². The van der Waals surface area contributed by atoms with Crippen molar-refractivity contribution in [1.29, 1.82) is 0 Å². The van der Waals surface area contributed by atoms with Crippen LogP contribution in [0.3, 0.4) is 0 Å². The first-order valence-corrected chi connectivity index (χ1v) is 9.20. The van der Waals surface area contributed by atoms with Gasteiger partial charge in [-0.1, -0.05) is 20.3 Å². The molecule has 1 unspecified atom stereocenters. The predicted molar refractivity (Wildman–Crippen MR) is 110 cm³/mol. The largest absolute Gasteiger partial charge is 0.355 e. The predicted octanol–water partition coefficient (Wildman–Crippen LogP) is 2.86. The van der Waals surface area contributed by atoms with Gasteiger partial charge in [0.15, 0.2) is 5.96 Å². The molecule has 0 radical (unpaired) electrons. The molecule has 0 bridgehead atoms. The molecular weight excluding hydrogens is 421 g/mol. The summed E-state index contributed by atoms with van der Waals surface area (Å²) >= 11 is 1.77. The van der Waals surface area contributed by atoms with Crippen LogP contribution in [0.15, 0.2) is 11.2 Å². The fourth-order valence-corrected chi connectivity index (χ4v) is 3.70. The molecule has 0 saturated carbocycles. The Morgan fingerprint density at radius 1 is 1.39 bits per heavy atom. The van der Waals surface area contributed by atoms with Crippen LogP contribution in [0.25, 0.3) is 0 Å². The SMILES string of the molecule is CCc1cnc(CNC(=NC)NCC2CCCCN2CC)s1.I. The van der Waals surface area contributed by atoms with Crippen molar-refractivity contribution in [2.45, 2.75) is 52.1 Å². The molecule has 2 heterocycles. The van der Waals surface area contributed by atoms with Crippen LogP contribution in [0.2, 0.25) is 0 Å². The van der Waals surface area contributed by atoms with Crippen molar-refractivity contribution in [2.75, 3.05) is 26.7 Å². The number of aliphatic imine (C=N–C) groups is 1. The third-order valence-corrected chi connectivity index (χ3v) is 5.38. The molecule has 0 amide bonds. The zero-order valence-corrected chi connectivity index (χ0v) is 17.6. The van der Waals surface area contributed by atoms with E-state index in [4.69, 9.17) is 0 Å². The Labute approximate surface area is 161 Å². The van der Waals surface area contributed by atoms with E-state index in [-0.39, 0.29) is 24.0 Å². The Balaban J connectivity index is 0.00000264. The van der Waals surface area contributed by atoms with Gasteiger partial charge < -0.3 is 10.6 Å². The third-order valence-electron chi connectivity index (χ3n) is 4.24. The second-order valence-electron chi connectivity index (χ2n) is 5.66. The Bertz CT molecular complexity index is 477. The average molecular weight is 451 g/mol. The second-order valence-corrected chi connectivity index (χ2v) is 6.86. The number of halogens is 1. The molecule has 1 fully saturated rings. The molecule has 1 atom stereocenters. The summed E-state index contributed by atoms with van der Waals surface area (Å²) in [5.41, 5.74) is 0. The summed E-state index contributed by atoms with van der Waals surface area (Å²) in [6.45, 7) is 8.48. The van der Waals surface area contributed by atoms with Crippen molar-refractivity contribution >= 4 is 41.3 Å². The Hall–Kier alpha value is -0.410. The van der Waals surface area contributed by atoms with E-state index in [1.807, 2.05) is 13.2 Å². The maximum atomic E-state index is 4.43. The molecule has 1 aliphatic rings. The number of rotatable bonds is 6. The Kier molecular flexibility index (Phi) is 10.0. The number of hydrogen-bond acceptors (Lipinski definition) is 4. The number of nitrogens with zero attached hydrogens (tertiary/aromatic N) is 3. The maximum absolute atomic E-state index is 4.43. The number of nitrogens with one attached hydrogen (secondary N) is 2. The molecule has 2 N–H and O–H groups in total. The smallest absolute Gasteiger partial charge is 0.191 e. The van der Waals surface area contributed by atoms with Crippen molar-refractivity contribution in [2.24, 2.45) is 4.99 Å². The standard InChI is InChI=1S/C16H29N5S.HI/c1-4-14-11-18-15(22-14)12-20-16(17-3)19-10-13-8-6-7-9-21(13)5-2;/h11,13H,4-10,12H2,1-3H3,(H2,17,19,20);1H. The van der Waals surface area contributed by atoms with Crippen LogP contribution < -0.4 is 10.6 Å². The minimum Gasteiger partial charge on any atom is -0.355 e. The first-order valence-electron chi connectivity index (χ1n) is 8.39. The minimum absolute atomic E-state index is 0. The van der Waals surface area contributed by atoms with Gasteiger partial charge in [-0.05, 0) is 32.4 Å². The summed E-state index contributed by atoms with van der Waals surface area (Å²) < 4.78 is 0. The van der Waals surface area contributed by atoms with E-state index >= 15 is 0 Å². The highest BCUT2D eigenvalue weighted by molar-refractivity contribution is 14.0. The summed E-state index contributed by atoms with van der Waals surface area (Å²) in [7, 11) is 1.83. The molecule has 2 rings (SSSR count). The topological polar surface area (TPSA) is 52.6 Å². The summed E-state index contributed by atoms with van der Waals surface area (Å²) in [6, 6.07) is 0.629. The number of aromatic nitrogens is 1. The van der Waals surface area contributed by atoms with Gasteiger partial charge in [-0.3, -0.25) is 9.89 Å². The molecule has 5 nitrogen and oxygen atoms in total. The van der Waals surface area contributed by atoms with Crippen LogP contribution in [0, 0.1) is 0 Å². The zero-order chi connectivity index (χ0) is 15.8. The lowest BCUT2D eigenvalue weighted by Gasteiger charge is -2.35. The Morgan fingerprint density at radius 2 is 2.22 bits per heavy atom. The van der Waals surface area contributed by atoms with E-state index < -0.39 is 0 Å². The highest BCUT2D eigenvalue weighted by Gasteiger charge is 2.20. The number of guanidine groups is 1. The lowest BCUT2D eigenvalue weighted by Crippen LogP contribution is -2.48. The lowest BCUT2D eigenvalue weighted by molar-refractivity contribution is 0.157. The van der Waals surface area contributed by atoms with Gasteiger partial charge in [0.2, 0.25) is 0 Å². The number of likely N-dealkylation sites (tertiary alicyclic amines) is 1. The van der Waals surface area contributed by atoms with Gasteiger partial charge in [-0.25, -0.2) is 4.98 Å². The average Bonchev–Trinajstić information content (AvgIpc) is 3.03. The molecule has 0 spiro atoms. The number of hydrogen-bond donors (Lipinski definition) is 2. The quantitative estimate of drug-likeness (QED) is 0.397. The minimum atomic E-state index is 0. The van der Waals surface area contributed by atoms with Gasteiger partial charge in [0, 0.05) is 30.7 Å². The zero-order valence-electron chi connectivity index (χ0n) is 14.5. The van der Waals surface area contributed by atoms with Gasteiger partial charge >= 0.3 is 0 Å². The third kappa shape index (κ3) is 6.54. The molecule has 132 valence electrons. The van der Waals surface area contributed by atoms with Gasteiger partial charge in [0.25, 0.3) is 0 Å². The molecule has 1 aliphatic heterocycles. The number of likely N-dealkylation sites (N-methyl/N-ethyl adjacent to an activating group) is 1. The van der Waals surface area contributed by atoms with E-state index in [9.17, 15) is 0 Å². The van der Waals surface area contributed by atoms with Crippen molar-refractivity contribution < 1.29 is 0 Å². The molecule has 1 aromatic rings. The van der Waals surface area contributed by atoms with Crippen LogP contribution in [-0.4, -0.2) is 48.6 Å². The van der Waals surface area contributed by atoms with Crippen LogP contribution >= 0.6 is 35.3 Å². The summed E-state index contributed by atoms with van der Waals surface area (Å²) in [4.78, 5) is 12.7. The fraction of sp³-hybridized carbons (Fsp3) is 0.750. The summed E-state index contributed by atoms with van der Waals surface area (Å²) in [5.74, 6) is 0.870. The van der Waals surface area contributed by atoms with Gasteiger partial charge in [0.1, 0.15) is 5.01 Å². The van der Waals surface area contributed by atoms with Crippen LogP contribution in [0.1, 0.15) is 43.0 Å². The van der Waals surface area contributed by atoms with E-state index in [1.54, 1.807) is 11.3 Å². The molecule has 1 aromatic heterocycles. The van der Waals surface area contributed by atoms with Crippen molar-refractivity contribution in [1.82, 2.24) is 20.5 Å². The van der Waals surface area contributed by atoms with Crippen LogP contribution in [0.4, 0.5) is 0 Å². The Morgan fingerprint density at radius 3 is 2.87 bits per heavy atom. The summed E-state index contributed by atoms with van der Waals surface area (Å²) in [6.07, 6.45) is 6.98. The van der Waals surface area contributed by atoms with Crippen molar-refractivity contribution in [3.05, 3.63) is 16.1 Å². The molecular formula is C16H30IN5S. The van der Waals surface area contributed by atoms with Crippen LogP contribution in [-0.2, 0) is 13.0 Å². The van der Waals surface area contributed by atoms with E-state index in [1.165, 1.54) is 30.7 Å². The van der Waals surface area contributed by atoms with E-state index in [0.29, 0.717) is 6.04 Å². The highest BCUT2D eigenvalue weighted by Crippen LogP contribution is 2.16. The first-order chi connectivity index (χ1) is 10.8. The van der Waals surface area contributed by atoms with Gasteiger partial charge in [-0.15, -0.1) is 35.3 Å². The number of thiazole rings is 1. The highest BCUT2D eigenvalue weighted by atomic mass is 127. The molecule has 0 aromatic carbocycles. The van der Waals surface area contributed by atoms with E-state index in [0.717, 1.165) is 37.0 Å². The first kappa shape index (κ1) is 20.6. The van der Waals surface area contributed by atoms with Crippen LogP contribution in [0.5, 0.6) is 0 Å². The van der Waals surface area contributed by atoms with Crippen molar-refractivity contribution in [3.63, 3.8) is 0 Å². The maximum Gasteiger partial charge on any atom is 0.191 e. The van der Waals surface area contributed by atoms with E-state index in [2.05, 4.69) is 39.4 Å². The fourth-order valence-electron chi connectivity index (χ4n) is 2.90. The molecule has 7 heteroatoms. The van der Waals surface area contributed by atoms with Gasteiger partial charge in [0.05, 0.1) is 6.54 Å². The summed E-state index contributed by atoms with van der Waals surface area (Å²) in [5, 5.41) is 7.95. The normalized spacial score (nSPS) is 19.3. The van der Waals surface area contributed by atoms with Gasteiger partial charge in [-0.2, -0.15) is 0 Å². The monoisotopic (exact) mass is 451 g/mol. The lowest BCUT2D eigenvalue weighted by atomic mass is 10.0. The number of piperidine rings is 1.